The van der Waals surface area contributed by atoms with Crippen LogP contribution in [0.1, 0.15) is 0 Å². The van der Waals surface area contributed by atoms with Gasteiger partial charge < -0.3 is 50.3 Å². The second-order valence-electron chi connectivity index (χ2n) is 5.65. The third-order valence-electron chi connectivity index (χ3n) is 4.36. The quantitative estimate of drug-likeness (QED) is 0.249. The SMILES string of the molecule is OC[C@H]1O[C@H]([C@]2(O)[C@H](O)[C@@H](CO)OC[C@@H]2O)[C@H](O)[C@@H](O)[C@@H]1O. The highest BCUT2D eigenvalue weighted by Crippen LogP contribution is 2.36. The topological polar surface area (TPSA) is 180 Å². The zero-order valence-corrected chi connectivity index (χ0v) is 11.6. The Morgan fingerprint density at radius 1 is 0.864 bits per heavy atom. The summed E-state index contributed by atoms with van der Waals surface area (Å²) in [6, 6.07) is 0. The van der Waals surface area contributed by atoms with Gasteiger partial charge in [-0.05, 0) is 0 Å². The highest BCUT2D eigenvalue weighted by molar-refractivity contribution is 5.10. The average molecular weight is 326 g/mol. The van der Waals surface area contributed by atoms with Crippen molar-refractivity contribution in [2.75, 3.05) is 19.8 Å². The molecule has 2 rings (SSSR count). The van der Waals surface area contributed by atoms with Gasteiger partial charge in [0.1, 0.15) is 54.4 Å². The van der Waals surface area contributed by atoms with Gasteiger partial charge in [0.15, 0.2) is 0 Å². The molecular weight excluding hydrogens is 304 g/mol. The summed E-state index contributed by atoms with van der Waals surface area (Å²) in [6.45, 7) is -1.83. The van der Waals surface area contributed by atoms with E-state index >= 15 is 0 Å². The van der Waals surface area contributed by atoms with Crippen LogP contribution in [0.25, 0.3) is 0 Å². The summed E-state index contributed by atoms with van der Waals surface area (Å²) in [6.07, 6.45) is -13.0. The zero-order chi connectivity index (χ0) is 16.7. The summed E-state index contributed by atoms with van der Waals surface area (Å²) < 4.78 is 10.2. The van der Waals surface area contributed by atoms with Gasteiger partial charge >= 0.3 is 0 Å². The second-order valence-corrected chi connectivity index (χ2v) is 5.65. The lowest BCUT2D eigenvalue weighted by molar-refractivity contribution is -0.331. The monoisotopic (exact) mass is 326 g/mol. The predicted molar refractivity (Wildman–Crippen MR) is 67.6 cm³/mol. The van der Waals surface area contributed by atoms with E-state index in [2.05, 4.69) is 0 Å². The van der Waals surface area contributed by atoms with Crippen LogP contribution >= 0.6 is 0 Å². The zero-order valence-electron chi connectivity index (χ0n) is 11.6. The molecule has 2 fully saturated rings. The Morgan fingerprint density at radius 3 is 2.00 bits per heavy atom. The standard InChI is InChI=1S/C12H22O10/c13-1-4-7(16)8(17)9(18)11(22-4)12(20)6(15)3-21-5(2-14)10(12)19/h4-11,13-20H,1-3H2/t4-,5-,6+,7-,8+,9-,10-,11+,12-/m1/s1. The number of ether oxygens (including phenoxy) is 2. The minimum absolute atomic E-state index is 0.451. The van der Waals surface area contributed by atoms with E-state index in [1.165, 1.54) is 0 Å². The largest absolute Gasteiger partial charge is 0.394 e. The minimum Gasteiger partial charge on any atom is -0.394 e. The van der Waals surface area contributed by atoms with Crippen LogP contribution in [0.15, 0.2) is 0 Å². The van der Waals surface area contributed by atoms with Crippen LogP contribution in [0.5, 0.6) is 0 Å². The van der Waals surface area contributed by atoms with E-state index < -0.39 is 74.3 Å². The summed E-state index contributed by atoms with van der Waals surface area (Å²) in [5.74, 6) is 0. The van der Waals surface area contributed by atoms with Gasteiger partial charge in [0, 0.05) is 0 Å². The number of hydrogen-bond acceptors (Lipinski definition) is 10. The van der Waals surface area contributed by atoms with Crippen molar-refractivity contribution in [3.05, 3.63) is 0 Å². The Hall–Kier alpha value is -0.400. The number of aliphatic hydroxyl groups excluding tert-OH is 7. The van der Waals surface area contributed by atoms with Crippen LogP contribution in [0.3, 0.4) is 0 Å². The lowest BCUT2D eigenvalue weighted by atomic mass is 9.75. The highest BCUT2D eigenvalue weighted by atomic mass is 16.6. The van der Waals surface area contributed by atoms with Crippen LogP contribution in [0.4, 0.5) is 0 Å². The summed E-state index contributed by atoms with van der Waals surface area (Å²) in [4.78, 5) is 0. The van der Waals surface area contributed by atoms with Crippen LogP contribution < -0.4 is 0 Å². The molecule has 9 atom stereocenters. The minimum atomic E-state index is -2.47. The van der Waals surface area contributed by atoms with Gasteiger partial charge in [0.2, 0.25) is 0 Å². The molecule has 2 heterocycles. The maximum Gasteiger partial charge on any atom is 0.150 e. The van der Waals surface area contributed by atoms with Gasteiger partial charge in [-0.25, -0.2) is 0 Å². The molecule has 2 aliphatic rings. The van der Waals surface area contributed by atoms with E-state index in [1.54, 1.807) is 0 Å². The lowest BCUT2D eigenvalue weighted by Gasteiger charge is -2.52. The molecule has 130 valence electrons. The molecule has 2 aliphatic heterocycles. The number of hydrogen-bond donors (Lipinski definition) is 8. The van der Waals surface area contributed by atoms with E-state index in [0.717, 1.165) is 0 Å². The number of aliphatic hydroxyl groups is 8. The van der Waals surface area contributed by atoms with Crippen molar-refractivity contribution >= 4 is 0 Å². The van der Waals surface area contributed by atoms with Crippen molar-refractivity contribution in [2.45, 2.75) is 54.4 Å². The van der Waals surface area contributed by atoms with E-state index in [-0.39, 0.29) is 0 Å². The van der Waals surface area contributed by atoms with Crippen molar-refractivity contribution in [2.24, 2.45) is 0 Å². The van der Waals surface area contributed by atoms with E-state index in [1.807, 2.05) is 0 Å². The second kappa shape index (κ2) is 6.61. The first-order chi connectivity index (χ1) is 10.3. The van der Waals surface area contributed by atoms with E-state index in [0.29, 0.717) is 0 Å². The molecule has 0 bridgehead atoms. The third-order valence-corrected chi connectivity index (χ3v) is 4.36. The van der Waals surface area contributed by atoms with Crippen molar-refractivity contribution in [3.63, 3.8) is 0 Å². The van der Waals surface area contributed by atoms with Gasteiger partial charge in [0.25, 0.3) is 0 Å². The Morgan fingerprint density at radius 2 is 1.45 bits per heavy atom. The smallest absolute Gasteiger partial charge is 0.150 e. The van der Waals surface area contributed by atoms with Crippen LogP contribution in [0, 0.1) is 0 Å². The van der Waals surface area contributed by atoms with Crippen molar-refractivity contribution < 1.29 is 50.3 Å². The maximum atomic E-state index is 10.7. The summed E-state index contributed by atoms with van der Waals surface area (Å²) in [5.41, 5.74) is -2.47. The van der Waals surface area contributed by atoms with Crippen molar-refractivity contribution in [3.8, 4) is 0 Å². The summed E-state index contributed by atoms with van der Waals surface area (Å²) in [7, 11) is 0. The molecule has 0 amide bonds. The fourth-order valence-electron chi connectivity index (χ4n) is 2.93. The molecule has 0 saturated carbocycles. The summed E-state index contributed by atoms with van der Waals surface area (Å²) in [5, 5.41) is 78.6. The Bertz CT molecular complexity index is 379. The molecule has 0 aliphatic carbocycles. The molecule has 2 saturated heterocycles. The molecule has 0 radical (unpaired) electrons. The predicted octanol–water partition coefficient (Wildman–Crippen LogP) is -5.33. The maximum absolute atomic E-state index is 10.7. The first-order valence-electron chi connectivity index (χ1n) is 6.90. The van der Waals surface area contributed by atoms with Crippen LogP contribution in [-0.2, 0) is 9.47 Å². The third kappa shape index (κ3) is 2.65. The van der Waals surface area contributed by atoms with Gasteiger partial charge in [-0.1, -0.05) is 0 Å². The molecule has 22 heavy (non-hydrogen) atoms. The van der Waals surface area contributed by atoms with Crippen LogP contribution in [-0.4, -0.2) is 115 Å². The van der Waals surface area contributed by atoms with Crippen molar-refractivity contribution in [1.82, 2.24) is 0 Å². The van der Waals surface area contributed by atoms with Gasteiger partial charge in [-0.3, -0.25) is 0 Å². The first-order valence-corrected chi connectivity index (χ1v) is 6.90. The molecule has 0 aromatic rings. The average Bonchev–Trinajstić information content (AvgIpc) is 2.51. The van der Waals surface area contributed by atoms with Crippen molar-refractivity contribution in [1.29, 1.82) is 0 Å². The normalized spacial score (nSPS) is 53.5. The molecule has 10 heteroatoms. The lowest BCUT2D eigenvalue weighted by Crippen LogP contribution is -2.75. The molecule has 0 aromatic heterocycles. The van der Waals surface area contributed by atoms with E-state index in [9.17, 15) is 30.6 Å². The molecule has 0 aromatic carbocycles. The van der Waals surface area contributed by atoms with Gasteiger partial charge in [-0.2, -0.15) is 0 Å². The molecule has 8 N–H and O–H groups in total. The Labute approximate surface area is 125 Å². The molecule has 0 unspecified atom stereocenters. The van der Waals surface area contributed by atoms with E-state index in [4.69, 9.17) is 19.7 Å². The fourth-order valence-corrected chi connectivity index (χ4v) is 2.93. The fraction of sp³-hybridized carbons (Fsp3) is 1.00. The highest BCUT2D eigenvalue weighted by Gasteiger charge is 2.61. The Balaban J connectivity index is 2.33. The van der Waals surface area contributed by atoms with Gasteiger partial charge in [0.05, 0.1) is 19.8 Å². The Kier molecular flexibility index (Phi) is 5.39. The number of rotatable bonds is 3. The molecular formula is C12H22O10. The molecule has 10 nitrogen and oxygen atoms in total. The first kappa shape index (κ1) is 17.9. The van der Waals surface area contributed by atoms with Crippen LogP contribution in [0.2, 0.25) is 0 Å². The molecule has 0 spiro atoms. The summed E-state index contributed by atoms with van der Waals surface area (Å²) >= 11 is 0. The van der Waals surface area contributed by atoms with Gasteiger partial charge in [-0.15, -0.1) is 0 Å².